The van der Waals surface area contributed by atoms with Crippen LogP contribution in [0.25, 0.3) is 0 Å². The maximum atomic E-state index is 13.0. The Kier molecular flexibility index (Phi) is 70.0. The molecule has 0 aromatic heterocycles. The van der Waals surface area contributed by atoms with Crippen molar-refractivity contribution in [3.63, 3.8) is 0 Å². The van der Waals surface area contributed by atoms with Crippen molar-refractivity contribution in [1.82, 2.24) is 0 Å². The summed E-state index contributed by atoms with van der Waals surface area (Å²) in [7, 11) is 0. The van der Waals surface area contributed by atoms with Gasteiger partial charge >= 0.3 is 17.9 Å². The van der Waals surface area contributed by atoms with Crippen LogP contribution in [0.3, 0.4) is 0 Å². The van der Waals surface area contributed by atoms with Gasteiger partial charge in [-0.05, 0) is 44.9 Å². The summed E-state index contributed by atoms with van der Waals surface area (Å²) in [5.74, 6) is -0.831. The van der Waals surface area contributed by atoms with E-state index in [1.165, 1.54) is 340 Å². The van der Waals surface area contributed by atoms with Crippen LogP contribution < -0.4 is 0 Å². The van der Waals surface area contributed by atoms with Gasteiger partial charge < -0.3 is 14.2 Å². The third-order valence-corrected chi connectivity index (χ3v) is 17.5. The van der Waals surface area contributed by atoms with E-state index in [2.05, 4.69) is 32.9 Å². The first-order valence-electron chi connectivity index (χ1n) is 37.7. The summed E-state index contributed by atoms with van der Waals surface area (Å²) in [5.41, 5.74) is 0. The van der Waals surface area contributed by atoms with Crippen LogP contribution in [0.5, 0.6) is 0 Å². The lowest BCUT2D eigenvalue weighted by molar-refractivity contribution is -0.167. The van der Waals surface area contributed by atoms with Crippen molar-refractivity contribution in [2.75, 3.05) is 13.2 Å². The zero-order valence-electron chi connectivity index (χ0n) is 56.1. The normalized spacial score (nSPS) is 12.0. The van der Waals surface area contributed by atoms with E-state index in [4.69, 9.17) is 14.2 Å². The Bertz CT molecular complexity index is 1280. The monoisotopic (exact) mass is 1160 g/mol. The van der Waals surface area contributed by atoms with Crippen LogP contribution in [0, 0.1) is 0 Å². The molecule has 0 amide bonds. The summed E-state index contributed by atoms with van der Waals surface area (Å²) < 4.78 is 17.0. The molecule has 82 heavy (non-hydrogen) atoms. The van der Waals surface area contributed by atoms with Crippen LogP contribution in [0.4, 0.5) is 0 Å². The van der Waals surface area contributed by atoms with Crippen molar-refractivity contribution in [1.29, 1.82) is 0 Å². The Hall–Kier alpha value is -1.85. The largest absolute Gasteiger partial charge is 0.462 e. The third-order valence-electron chi connectivity index (χ3n) is 17.5. The minimum absolute atomic E-state index is 0.0647. The van der Waals surface area contributed by atoms with Gasteiger partial charge in [-0.25, -0.2) is 0 Å². The summed E-state index contributed by atoms with van der Waals surface area (Å²) in [4.78, 5) is 38.5. The number of unbranched alkanes of at least 4 members (excludes halogenated alkanes) is 58. The molecule has 0 aliphatic rings. The van der Waals surface area contributed by atoms with Gasteiger partial charge in [-0.15, -0.1) is 0 Å². The first-order chi connectivity index (χ1) is 40.5. The second-order valence-corrected chi connectivity index (χ2v) is 25.9. The lowest BCUT2D eigenvalue weighted by Crippen LogP contribution is -2.30. The SMILES string of the molecule is CCCCCCCC/C=C\CCCCCCCCCC(=O)OC(COC(=O)CCCCCCCCCCCCCCCCCCC)COC(=O)CCCCCCCCCCCCCCCCCCCCCCCCCCCCCCCC. The van der Waals surface area contributed by atoms with Gasteiger partial charge in [-0.2, -0.15) is 0 Å². The summed E-state index contributed by atoms with van der Waals surface area (Å²) in [6.45, 7) is 6.73. The number of carbonyl (C=O) groups is 3. The Balaban J connectivity index is 4.17. The van der Waals surface area contributed by atoms with Crippen LogP contribution in [0.1, 0.15) is 438 Å². The van der Waals surface area contributed by atoms with Gasteiger partial charge in [0.15, 0.2) is 6.10 Å². The number of esters is 3. The predicted octanol–water partition coefficient (Wildman–Crippen LogP) is 26.0. The fraction of sp³-hybridized carbons (Fsp3) is 0.934. The van der Waals surface area contributed by atoms with E-state index < -0.39 is 6.10 Å². The molecule has 0 aliphatic carbocycles. The smallest absolute Gasteiger partial charge is 0.306 e. The minimum atomic E-state index is -0.769. The van der Waals surface area contributed by atoms with Crippen molar-refractivity contribution in [3.8, 4) is 0 Å². The molecule has 0 bridgehead atoms. The van der Waals surface area contributed by atoms with Crippen molar-refractivity contribution in [3.05, 3.63) is 12.2 Å². The molecule has 0 aliphatic heterocycles. The minimum Gasteiger partial charge on any atom is -0.462 e. The molecule has 6 nitrogen and oxygen atoms in total. The molecule has 0 fully saturated rings. The van der Waals surface area contributed by atoms with Crippen LogP contribution in [-0.2, 0) is 28.6 Å². The number of hydrogen-bond acceptors (Lipinski definition) is 6. The topological polar surface area (TPSA) is 78.9 Å². The molecule has 0 saturated carbocycles. The lowest BCUT2D eigenvalue weighted by Gasteiger charge is -2.18. The van der Waals surface area contributed by atoms with Gasteiger partial charge in [0, 0.05) is 19.3 Å². The molecule has 0 radical (unpaired) electrons. The van der Waals surface area contributed by atoms with E-state index in [0.29, 0.717) is 19.3 Å². The summed E-state index contributed by atoms with van der Waals surface area (Å²) in [5, 5.41) is 0. The van der Waals surface area contributed by atoms with Gasteiger partial charge in [0.1, 0.15) is 13.2 Å². The van der Waals surface area contributed by atoms with Crippen molar-refractivity contribution in [2.24, 2.45) is 0 Å². The molecule has 486 valence electrons. The number of carbonyl (C=O) groups excluding carboxylic acids is 3. The molecule has 0 spiro atoms. The maximum absolute atomic E-state index is 13.0. The Labute approximate surface area is 513 Å². The van der Waals surface area contributed by atoms with Gasteiger partial charge in [0.25, 0.3) is 0 Å². The zero-order chi connectivity index (χ0) is 59.2. The molecule has 6 heteroatoms. The Morgan fingerprint density at radius 3 is 0.610 bits per heavy atom. The van der Waals surface area contributed by atoms with Gasteiger partial charge in [-0.1, -0.05) is 386 Å². The number of ether oxygens (including phenoxy) is 3. The quantitative estimate of drug-likeness (QED) is 0.0261. The third kappa shape index (κ3) is 68.9. The van der Waals surface area contributed by atoms with Crippen LogP contribution >= 0.6 is 0 Å². The van der Waals surface area contributed by atoms with E-state index in [-0.39, 0.29) is 31.1 Å². The average molecular weight is 1160 g/mol. The summed E-state index contributed by atoms with van der Waals surface area (Å²) in [6.07, 6.45) is 86.9. The number of allylic oxidation sites excluding steroid dienone is 2. The summed E-state index contributed by atoms with van der Waals surface area (Å²) in [6, 6.07) is 0. The van der Waals surface area contributed by atoms with Crippen molar-refractivity contribution >= 4 is 17.9 Å². The molecule has 1 atom stereocenters. The highest BCUT2D eigenvalue weighted by molar-refractivity contribution is 5.71. The van der Waals surface area contributed by atoms with Gasteiger partial charge in [0.05, 0.1) is 0 Å². The molecule has 0 aromatic rings. The maximum Gasteiger partial charge on any atom is 0.306 e. The van der Waals surface area contributed by atoms with E-state index in [9.17, 15) is 14.4 Å². The van der Waals surface area contributed by atoms with Crippen molar-refractivity contribution < 1.29 is 28.6 Å². The predicted molar refractivity (Wildman–Crippen MR) is 358 cm³/mol. The first-order valence-corrected chi connectivity index (χ1v) is 37.7. The molecule has 0 rings (SSSR count). The number of hydrogen-bond donors (Lipinski definition) is 0. The highest BCUT2D eigenvalue weighted by atomic mass is 16.6. The molecule has 1 unspecified atom stereocenters. The molecule has 0 aromatic carbocycles. The van der Waals surface area contributed by atoms with Gasteiger partial charge in [0.2, 0.25) is 0 Å². The lowest BCUT2D eigenvalue weighted by atomic mass is 10.0. The molecule has 0 saturated heterocycles. The van der Waals surface area contributed by atoms with E-state index in [1.807, 2.05) is 0 Å². The van der Waals surface area contributed by atoms with E-state index >= 15 is 0 Å². The Morgan fingerprint density at radius 2 is 0.402 bits per heavy atom. The average Bonchev–Trinajstić information content (AvgIpc) is 3.47. The van der Waals surface area contributed by atoms with Crippen LogP contribution in [-0.4, -0.2) is 37.2 Å². The highest BCUT2D eigenvalue weighted by Crippen LogP contribution is 2.20. The first kappa shape index (κ1) is 80.2. The Morgan fingerprint density at radius 1 is 0.232 bits per heavy atom. The van der Waals surface area contributed by atoms with Crippen LogP contribution in [0.2, 0.25) is 0 Å². The van der Waals surface area contributed by atoms with E-state index in [1.54, 1.807) is 0 Å². The molecule has 0 heterocycles. The van der Waals surface area contributed by atoms with E-state index in [0.717, 1.165) is 57.8 Å². The van der Waals surface area contributed by atoms with Crippen molar-refractivity contribution in [2.45, 2.75) is 444 Å². The standard InChI is InChI=1S/C76H146O6/c1-4-7-10-13-16-19-22-25-28-31-32-33-34-35-36-37-38-39-40-41-42-43-46-48-51-54-57-60-63-66-69-75(78)81-72-73(82-76(79)70-67-64-61-58-55-52-49-45-30-27-24-21-18-15-12-9-6-3)71-80-74(77)68-65-62-59-56-53-50-47-44-29-26-23-20-17-14-11-8-5-2/h27,30,73H,4-26,28-29,31-72H2,1-3H3/b30-27-. The number of rotatable bonds is 71. The van der Waals surface area contributed by atoms with Crippen LogP contribution in [0.15, 0.2) is 12.2 Å². The fourth-order valence-electron chi connectivity index (χ4n) is 11.9. The highest BCUT2D eigenvalue weighted by Gasteiger charge is 2.20. The fourth-order valence-corrected chi connectivity index (χ4v) is 11.9. The molecular weight excluding hydrogens is 1010 g/mol. The molecule has 0 N–H and O–H groups in total. The van der Waals surface area contributed by atoms with Gasteiger partial charge in [-0.3, -0.25) is 14.4 Å². The summed E-state index contributed by atoms with van der Waals surface area (Å²) >= 11 is 0. The molecular formula is C76H146O6. The zero-order valence-corrected chi connectivity index (χ0v) is 56.1. The second-order valence-electron chi connectivity index (χ2n) is 25.9. The second kappa shape index (κ2) is 71.6.